The second kappa shape index (κ2) is 4.94. The normalized spacial score (nSPS) is 10.2. The van der Waals surface area contributed by atoms with Gasteiger partial charge in [-0.3, -0.25) is 4.79 Å². The van der Waals surface area contributed by atoms with Gasteiger partial charge in [0.25, 0.3) is 0 Å². The third-order valence-corrected chi connectivity index (χ3v) is 2.73. The highest BCUT2D eigenvalue weighted by Gasteiger charge is 2.00. The molecule has 0 aliphatic carbocycles. The lowest BCUT2D eigenvalue weighted by molar-refractivity contribution is 0.548. The summed E-state index contributed by atoms with van der Waals surface area (Å²) in [6.07, 6.45) is 4.37. The van der Waals surface area contributed by atoms with Crippen molar-refractivity contribution >= 4 is 6.29 Å². The fraction of sp³-hybridized carbons (Fsp3) is 0.462. The molecule has 75 valence electrons. The van der Waals surface area contributed by atoms with E-state index in [9.17, 15) is 4.79 Å². The topological polar surface area (TPSA) is 17.1 Å². The highest BCUT2D eigenvalue weighted by Crippen LogP contribution is 2.16. The van der Waals surface area contributed by atoms with Gasteiger partial charge in [-0.2, -0.15) is 0 Å². The maximum Gasteiger partial charge on any atom is 0.198 e. The Morgan fingerprint density at radius 2 is 1.71 bits per heavy atom. The first kappa shape index (κ1) is 11.0. The van der Waals surface area contributed by atoms with Crippen LogP contribution >= 0.6 is 0 Å². The van der Waals surface area contributed by atoms with Crippen molar-refractivity contribution in [3.05, 3.63) is 34.4 Å². The molecule has 0 amide bonds. The van der Waals surface area contributed by atoms with Crippen LogP contribution in [0, 0.1) is 20.8 Å². The zero-order valence-corrected chi connectivity index (χ0v) is 9.18. The molecule has 0 aliphatic rings. The Morgan fingerprint density at radius 1 is 1.14 bits per heavy atom. The smallest absolute Gasteiger partial charge is 0.198 e. The van der Waals surface area contributed by atoms with Gasteiger partial charge < -0.3 is 0 Å². The molecule has 0 N–H and O–H groups in total. The largest absolute Gasteiger partial charge is 0.291 e. The van der Waals surface area contributed by atoms with Crippen molar-refractivity contribution in [3.63, 3.8) is 0 Å². The average molecular weight is 189 g/mol. The predicted molar refractivity (Wildman–Crippen MR) is 59.3 cm³/mol. The van der Waals surface area contributed by atoms with E-state index in [0.29, 0.717) is 6.42 Å². The second-order valence-corrected chi connectivity index (χ2v) is 3.85. The van der Waals surface area contributed by atoms with Crippen LogP contribution in [-0.2, 0) is 11.2 Å². The lowest BCUT2D eigenvalue weighted by atomic mass is 9.98. The van der Waals surface area contributed by atoms with Crippen molar-refractivity contribution in [1.29, 1.82) is 0 Å². The van der Waals surface area contributed by atoms with Gasteiger partial charge in [0.1, 0.15) is 0 Å². The maximum atomic E-state index is 10.1. The first-order valence-corrected chi connectivity index (χ1v) is 5.07. The minimum Gasteiger partial charge on any atom is -0.291 e. The molecule has 0 saturated carbocycles. The Bertz CT molecular complexity index is 303. The lowest BCUT2D eigenvalue weighted by Crippen LogP contribution is -1.92. The molecular formula is C13H17O. The van der Waals surface area contributed by atoms with Crippen molar-refractivity contribution in [2.75, 3.05) is 0 Å². The van der Waals surface area contributed by atoms with Crippen LogP contribution in [0.4, 0.5) is 0 Å². The van der Waals surface area contributed by atoms with Crippen LogP contribution in [-0.4, -0.2) is 6.29 Å². The van der Waals surface area contributed by atoms with E-state index >= 15 is 0 Å². The van der Waals surface area contributed by atoms with Gasteiger partial charge in [0.05, 0.1) is 0 Å². The minimum absolute atomic E-state index is 0.548. The molecular weight excluding hydrogens is 172 g/mol. The van der Waals surface area contributed by atoms with Crippen molar-refractivity contribution in [2.45, 2.75) is 40.0 Å². The van der Waals surface area contributed by atoms with Gasteiger partial charge in [-0.1, -0.05) is 12.1 Å². The molecule has 0 aliphatic heterocycles. The highest BCUT2D eigenvalue weighted by atomic mass is 16.1. The Morgan fingerprint density at radius 3 is 2.21 bits per heavy atom. The molecule has 1 aromatic rings. The van der Waals surface area contributed by atoms with Crippen molar-refractivity contribution in [2.24, 2.45) is 0 Å². The molecule has 0 saturated heterocycles. The van der Waals surface area contributed by atoms with Gasteiger partial charge in [-0.25, -0.2) is 0 Å². The zero-order chi connectivity index (χ0) is 10.6. The molecule has 1 heteroatoms. The third-order valence-electron chi connectivity index (χ3n) is 2.73. The molecule has 1 radical (unpaired) electrons. The third kappa shape index (κ3) is 2.69. The lowest BCUT2D eigenvalue weighted by Gasteiger charge is -2.08. The van der Waals surface area contributed by atoms with E-state index in [1.807, 2.05) is 6.29 Å². The summed E-state index contributed by atoms with van der Waals surface area (Å²) in [7, 11) is 0. The monoisotopic (exact) mass is 189 g/mol. The van der Waals surface area contributed by atoms with E-state index < -0.39 is 0 Å². The van der Waals surface area contributed by atoms with Crippen LogP contribution < -0.4 is 0 Å². The number of benzene rings is 1. The van der Waals surface area contributed by atoms with Gasteiger partial charge in [0.2, 0.25) is 0 Å². The van der Waals surface area contributed by atoms with E-state index in [0.717, 1.165) is 12.8 Å². The van der Waals surface area contributed by atoms with Gasteiger partial charge in [-0.15, -0.1) is 0 Å². The Kier molecular flexibility index (Phi) is 3.87. The van der Waals surface area contributed by atoms with Crippen LogP contribution in [0.25, 0.3) is 0 Å². The Balaban J connectivity index is 2.74. The zero-order valence-electron chi connectivity index (χ0n) is 9.18. The average Bonchev–Trinajstić information content (AvgIpc) is 2.14. The number of hydrogen-bond acceptors (Lipinski definition) is 1. The van der Waals surface area contributed by atoms with Crippen molar-refractivity contribution in [1.82, 2.24) is 0 Å². The van der Waals surface area contributed by atoms with Crippen LogP contribution in [0.3, 0.4) is 0 Å². The summed E-state index contributed by atoms with van der Waals surface area (Å²) in [6, 6.07) is 4.43. The summed E-state index contributed by atoms with van der Waals surface area (Å²) in [5.41, 5.74) is 5.39. The molecule has 0 fully saturated rings. The Hall–Kier alpha value is -1.11. The van der Waals surface area contributed by atoms with E-state index in [1.165, 1.54) is 22.3 Å². The molecule has 14 heavy (non-hydrogen) atoms. The molecule has 0 unspecified atom stereocenters. The van der Waals surface area contributed by atoms with Crippen LogP contribution in [0.5, 0.6) is 0 Å². The summed E-state index contributed by atoms with van der Waals surface area (Å²) in [6.45, 7) is 6.42. The molecule has 1 aromatic carbocycles. The fourth-order valence-electron chi connectivity index (χ4n) is 1.63. The fourth-order valence-corrected chi connectivity index (χ4v) is 1.63. The summed E-state index contributed by atoms with van der Waals surface area (Å²) in [5, 5.41) is 0. The number of rotatable bonds is 4. The van der Waals surface area contributed by atoms with Crippen molar-refractivity contribution < 1.29 is 4.79 Å². The molecule has 1 nitrogen and oxygen atoms in total. The van der Waals surface area contributed by atoms with Crippen LogP contribution in [0.15, 0.2) is 12.1 Å². The first-order valence-electron chi connectivity index (χ1n) is 5.07. The molecule has 0 atom stereocenters. The summed E-state index contributed by atoms with van der Waals surface area (Å²) >= 11 is 0. The predicted octanol–water partition coefficient (Wildman–Crippen LogP) is 3.04. The second-order valence-electron chi connectivity index (χ2n) is 3.85. The van der Waals surface area contributed by atoms with E-state index in [4.69, 9.17) is 0 Å². The van der Waals surface area contributed by atoms with Gasteiger partial charge in [-0.05, 0) is 55.9 Å². The SMILES string of the molecule is Cc1cc(CCC[C]=O)cc(C)c1C. The van der Waals surface area contributed by atoms with Gasteiger partial charge in [0.15, 0.2) is 6.29 Å². The summed E-state index contributed by atoms with van der Waals surface area (Å²) < 4.78 is 0. The number of hydrogen-bond donors (Lipinski definition) is 0. The van der Waals surface area contributed by atoms with E-state index in [1.54, 1.807) is 0 Å². The first-order chi connectivity index (χ1) is 6.65. The van der Waals surface area contributed by atoms with Crippen molar-refractivity contribution in [3.8, 4) is 0 Å². The molecule has 0 aromatic heterocycles. The number of aryl methyl sites for hydroxylation is 3. The Labute approximate surface area is 86.1 Å². The van der Waals surface area contributed by atoms with Gasteiger partial charge in [0, 0.05) is 6.42 Å². The molecule has 0 heterocycles. The summed E-state index contributed by atoms with van der Waals surface area (Å²) in [4.78, 5) is 10.1. The van der Waals surface area contributed by atoms with Crippen LogP contribution in [0.1, 0.15) is 35.1 Å². The van der Waals surface area contributed by atoms with Crippen LogP contribution in [0.2, 0.25) is 0 Å². The standard InChI is InChI=1S/C13H17O/c1-10-8-13(6-4-5-7-14)9-11(2)12(10)3/h8-9H,4-6H2,1-3H3. The number of unbranched alkanes of at least 4 members (excludes halogenated alkanes) is 1. The summed E-state index contributed by atoms with van der Waals surface area (Å²) in [5.74, 6) is 0. The van der Waals surface area contributed by atoms with Gasteiger partial charge >= 0.3 is 0 Å². The number of carbonyl (C=O) groups excluding carboxylic acids is 1. The minimum atomic E-state index is 0.548. The highest BCUT2D eigenvalue weighted by molar-refractivity contribution is 5.50. The quantitative estimate of drug-likeness (QED) is 0.665. The van der Waals surface area contributed by atoms with E-state index in [-0.39, 0.29) is 0 Å². The molecule has 1 rings (SSSR count). The molecule has 0 spiro atoms. The molecule has 0 bridgehead atoms. The van der Waals surface area contributed by atoms with E-state index in [2.05, 4.69) is 32.9 Å². The maximum absolute atomic E-state index is 10.1.